The van der Waals surface area contributed by atoms with Crippen LogP contribution in [0.3, 0.4) is 0 Å². The zero-order valence-corrected chi connectivity index (χ0v) is 9.21. The van der Waals surface area contributed by atoms with E-state index in [1.807, 2.05) is 0 Å². The summed E-state index contributed by atoms with van der Waals surface area (Å²) in [5.41, 5.74) is 0.680. The molecule has 0 spiro atoms. The van der Waals surface area contributed by atoms with Gasteiger partial charge in [-0.05, 0) is 12.1 Å². The molecule has 0 aliphatic rings. The Morgan fingerprint density at radius 3 is 2.65 bits per heavy atom. The first-order chi connectivity index (χ1) is 8.04. The smallest absolute Gasteiger partial charge is 0.337 e. The summed E-state index contributed by atoms with van der Waals surface area (Å²) in [7, 11) is 1.25. The molecule has 90 valence electrons. The molecule has 0 unspecified atom stereocenters. The molecule has 1 aromatic carbocycles. The highest BCUT2D eigenvalue weighted by molar-refractivity contribution is 5.90. The van der Waals surface area contributed by atoms with Gasteiger partial charge in [0.1, 0.15) is 5.75 Å². The minimum atomic E-state index is -0.952. The largest absolute Gasteiger partial charge is 0.507 e. The second-order valence-corrected chi connectivity index (χ2v) is 3.27. The van der Waals surface area contributed by atoms with Crippen molar-refractivity contribution < 1.29 is 24.5 Å². The normalized spacial score (nSPS) is 10.4. The predicted octanol–water partition coefficient (Wildman–Crippen LogP) is 1.67. The lowest BCUT2D eigenvalue weighted by molar-refractivity contribution is -0.135. The summed E-state index contributed by atoms with van der Waals surface area (Å²) in [6, 6.07) is 4.28. The van der Waals surface area contributed by atoms with Gasteiger partial charge in [-0.25, -0.2) is 4.79 Å². The number of carboxylic acid groups (broad SMARTS) is 1. The molecule has 0 radical (unpaired) electrons. The number of aliphatic carboxylic acids is 1. The summed E-state index contributed by atoms with van der Waals surface area (Å²) >= 11 is 0. The number of benzene rings is 1. The lowest BCUT2D eigenvalue weighted by atomic mass is 10.1. The molecule has 1 aromatic rings. The number of phenols is 1. The highest BCUT2D eigenvalue weighted by Gasteiger charge is 2.07. The Morgan fingerprint density at radius 2 is 2.12 bits per heavy atom. The van der Waals surface area contributed by atoms with E-state index < -0.39 is 11.9 Å². The minimum absolute atomic E-state index is 0.102. The maximum atomic E-state index is 11.2. The van der Waals surface area contributed by atoms with Crippen molar-refractivity contribution in [1.82, 2.24) is 0 Å². The Bertz CT molecular complexity index is 462. The number of esters is 1. The fraction of sp³-hybridized carbons (Fsp3) is 0.167. The quantitative estimate of drug-likeness (QED) is 0.777. The van der Waals surface area contributed by atoms with Gasteiger partial charge in [0.15, 0.2) is 0 Å². The van der Waals surface area contributed by atoms with Crippen LogP contribution >= 0.6 is 0 Å². The Labute approximate surface area is 98.0 Å². The Hall–Kier alpha value is -2.30. The van der Waals surface area contributed by atoms with Crippen LogP contribution in [0.4, 0.5) is 0 Å². The molecule has 0 bridgehead atoms. The van der Waals surface area contributed by atoms with Crippen molar-refractivity contribution in [3.05, 3.63) is 35.4 Å². The van der Waals surface area contributed by atoms with Crippen LogP contribution in [0.5, 0.6) is 5.75 Å². The van der Waals surface area contributed by atoms with Gasteiger partial charge in [0.25, 0.3) is 0 Å². The summed E-state index contributed by atoms with van der Waals surface area (Å²) in [4.78, 5) is 21.4. The van der Waals surface area contributed by atoms with Crippen LogP contribution in [0.25, 0.3) is 6.08 Å². The first-order valence-electron chi connectivity index (χ1n) is 4.84. The number of rotatable bonds is 4. The van der Waals surface area contributed by atoms with Gasteiger partial charge in [-0.15, -0.1) is 0 Å². The molecule has 0 heterocycles. The van der Waals surface area contributed by atoms with Crippen LogP contribution in [0.2, 0.25) is 0 Å². The number of methoxy groups -OCH3 is 1. The summed E-state index contributed by atoms with van der Waals surface area (Å²) in [6.45, 7) is 0. The van der Waals surface area contributed by atoms with Crippen molar-refractivity contribution in [2.75, 3.05) is 7.11 Å². The molecule has 2 N–H and O–H groups in total. The van der Waals surface area contributed by atoms with Crippen molar-refractivity contribution in [1.29, 1.82) is 0 Å². The van der Waals surface area contributed by atoms with E-state index in [1.54, 1.807) is 0 Å². The molecule has 5 nitrogen and oxygen atoms in total. The molecular formula is C12H12O5. The van der Waals surface area contributed by atoms with Crippen molar-refractivity contribution >= 4 is 18.0 Å². The number of hydrogen-bond acceptors (Lipinski definition) is 4. The molecule has 0 saturated carbocycles. The summed E-state index contributed by atoms with van der Waals surface area (Å²) in [5.74, 6) is -1.59. The van der Waals surface area contributed by atoms with Gasteiger partial charge < -0.3 is 14.9 Å². The molecule has 0 saturated heterocycles. The van der Waals surface area contributed by atoms with Crippen LogP contribution in [0.1, 0.15) is 22.3 Å². The molecule has 0 amide bonds. The maximum absolute atomic E-state index is 11.2. The highest BCUT2D eigenvalue weighted by Crippen LogP contribution is 2.20. The lowest BCUT2D eigenvalue weighted by Crippen LogP contribution is -2.00. The van der Waals surface area contributed by atoms with Gasteiger partial charge in [0.05, 0.1) is 19.1 Å². The maximum Gasteiger partial charge on any atom is 0.337 e. The molecule has 17 heavy (non-hydrogen) atoms. The first-order valence-corrected chi connectivity index (χ1v) is 4.84. The molecule has 1 rings (SSSR count). The van der Waals surface area contributed by atoms with Gasteiger partial charge in [-0.3, -0.25) is 4.79 Å². The van der Waals surface area contributed by atoms with E-state index in [0.717, 1.165) is 0 Å². The number of carbonyl (C=O) groups excluding carboxylic acids is 1. The summed E-state index contributed by atoms with van der Waals surface area (Å²) in [6.07, 6.45) is 2.76. The summed E-state index contributed by atoms with van der Waals surface area (Å²) < 4.78 is 4.50. The van der Waals surface area contributed by atoms with E-state index >= 15 is 0 Å². The third-order valence-corrected chi connectivity index (χ3v) is 2.04. The van der Waals surface area contributed by atoms with E-state index in [1.165, 1.54) is 37.5 Å². The number of aromatic hydroxyl groups is 1. The molecule has 0 aliphatic carbocycles. The zero-order chi connectivity index (χ0) is 12.8. The van der Waals surface area contributed by atoms with Gasteiger partial charge in [-0.2, -0.15) is 0 Å². The Morgan fingerprint density at radius 1 is 1.41 bits per heavy atom. The second kappa shape index (κ2) is 5.69. The van der Waals surface area contributed by atoms with Crippen molar-refractivity contribution in [3.63, 3.8) is 0 Å². The number of ether oxygens (including phenoxy) is 1. The minimum Gasteiger partial charge on any atom is -0.507 e. The Balaban J connectivity index is 2.86. The third kappa shape index (κ3) is 3.64. The van der Waals surface area contributed by atoms with Gasteiger partial charge in [0, 0.05) is 5.56 Å². The fourth-order valence-corrected chi connectivity index (χ4v) is 1.22. The number of hydrogen-bond donors (Lipinski definition) is 2. The van der Waals surface area contributed by atoms with Gasteiger partial charge >= 0.3 is 11.9 Å². The molecule has 0 atom stereocenters. The Kier molecular flexibility index (Phi) is 4.28. The summed E-state index contributed by atoms with van der Waals surface area (Å²) in [5, 5.41) is 18.0. The number of carboxylic acids is 1. The zero-order valence-electron chi connectivity index (χ0n) is 9.21. The number of phenolic OH excluding ortho intramolecular Hbond substituents is 1. The van der Waals surface area contributed by atoms with Crippen LogP contribution in [-0.2, 0) is 9.53 Å². The van der Waals surface area contributed by atoms with Crippen LogP contribution in [-0.4, -0.2) is 29.3 Å². The topological polar surface area (TPSA) is 83.8 Å². The fourth-order valence-electron chi connectivity index (χ4n) is 1.22. The molecule has 0 aliphatic heterocycles. The van der Waals surface area contributed by atoms with Crippen LogP contribution in [0.15, 0.2) is 24.3 Å². The third-order valence-electron chi connectivity index (χ3n) is 2.04. The van der Waals surface area contributed by atoms with E-state index in [2.05, 4.69) is 4.74 Å². The highest BCUT2D eigenvalue weighted by atomic mass is 16.5. The molecule has 0 fully saturated rings. The van der Waals surface area contributed by atoms with Crippen LogP contribution in [0, 0.1) is 0 Å². The van der Waals surface area contributed by atoms with E-state index in [0.29, 0.717) is 5.56 Å². The first kappa shape index (κ1) is 12.8. The SMILES string of the molecule is COC(=O)c1ccc(C=CCC(=O)O)c(O)c1. The number of carbonyl (C=O) groups is 2. The van der Waals surface area contributed by atoms with Crippen molar-refractivity contribution in [2.24, 2.45) is 0 Å². The van der Waals surface area contributed by atoms with E-state index in [-0.39, 0.29) is 17.7 Å². The molecule has 0 aromatic heterocycles. The second-order valence-electron chi connectivity index (χ2n) is 3.27. The molecular weight excluding hydrogens is 224 g/mol. The van der Waals surface area contributed by atoms with Crippen molar-refractivity contribution in [3.8, 4) is 5.75 Å². The van der Waals surface area contributed by atoms with E-state index in [9.17, 15) is 14.7 Å². The van der Waals surface area contributed by atoms with Crippen molar-refractivity contribution in [2.45, 2.75) is 6.42 Å². The van der Waals surface area contributed by atoms with Crippen LogP contribution < -0.4 is 0 Å². The lowest BCUT2D eigenvalue weighted by Gasteiger charge is -2.02. The molecule has 5 heteroatoms. The average molecular weight is 236 g/mol. The van der Waals surface area contributed by atoms with E-state index in [4.69, 9.17) is 5.11 Å². The predicted molar refractivity (Wildman–Crippen MR) is 60.7 cm³/mol. The standard InChI is InChI=1S/C12H12O5/c1-17-12(16)9-6-5-8(10(13)7-9)3-2-4-11(14)15/h2-3,5-7,13H,4H2,1H3,(H,14,15). The average Bonchev–Trinajstić information content (AvgIpc) is 2.29. The monoisotopic (exact) mass is 236 g/mol. The van der Waals surface area contributed by atoms with Gasteiger partial charge in [-0.1, -0.05) is 18.2 Å². The van der Waals surface area contributed by atoms with Gasteiger partial charge in [0.2, 0.25) is 0 Å².